The highest BCUT2D eigenvalue weighted by molar-refractivity contribution is 7.16. The highest BCUT2D eigenvalue weighted by atomic mass is 32.1. The largest absolute Gasteiger partial charge is 0.394 e. The Labute approximate surface area is 143 Å². The van der Waals surface area contributed by atoms with Gasteiger partial charge in [-0.25, -0.2) is 0 Å². The lowest BCUT2D eigenvalue weighted by atomic mass is 10.1. The Morgan fingerprint density at radius 1 is 1.33 bits per heavy atom. The predicted molar refractivity (Wildman–Crippen MR) is 94.8 cm³/mol. The highest BCUT2D eigenvalue weighted by Gasteiger charge is 2.18. The molecule has 0 atom stereocenters. The zero-order valence-electron chi connectivity index (χ0n) is 13.4. The van der Waals surface area contributed by atoms with Crippen LogP contribution < -0.4 is 5.32 Å². The van der Waals surface area contributed by atoms with E-state index in [1.807, 2.05) is 0 Å². The van der Waals surface area contributed by atoms with Gasteiger partial charge in [0.15, 0.2) is 0 Å². The molecule has 7 heteroatoms. The zero-order chi connectivity index (χ0) is 17.7. The summed E-state index contributed by atoms with van der Waals surface area (Å²) in [5.74, 6) is -0.310. The molecule has 2 N–H and O–H groups in total. The number of carbonyl (C=O) groups excluding carboxylic acids is 1. The number of para-hydroxylation sites is 1. The molecular formula is C17H18N2O4S. The molecular weight excluding hydrogens is 328 g/mol. The molecule has 1 aromatic carbocycles. The molecule has 0 saturated carbocycles. The molecule has 1 aromatic heterocycles. The summed E-state index contributed by atoms with van der Waals surface area (Å²) in [6, 6.07) is 10.1. The lowest BCUT2D eigenvalue weighted by Crippen LogP contribution is -2.45. The molecule has 0 aliphatic heterocycles. The zero-order valence-corrected chi connectivity index (χ0v) is 14.2. The number of nitrogens with one attached hydrogen (secondary N) is 1. The third kappa shape index (κ3) is 4.50. The number of rotatable bonds is 6. The number of thiophene rings is 1. The first-order chi connectivity index (χ1) is 11.3. The van der Waals surface area contributed by atoms with Gasteiger partial charge in [0.2, 0.25) is 5.91 Å². The van der Waals surface area contributed by atoms with Gasteiger partial charge in [-0.1, -0.05) is 12.1 Å². The summed E-state index contributed by atoms with van der Waals surface area (Å²) in [6.45, 7) is 3.28. The van der Waals surface area contributed by atoms with Gasteiger partial charge < -0.3 is 10.4 Å². The van der Waals surface area contributed by atoms with Crippen LogP contribution in [0.15, 0.2) is 42.5 Å². The molecule has 0 radical (unpaired) electrons. The Morgan fingerprint density at radius 2 is 2.04 bits per heavy atom. The van der Waals surface area contributed by atoms with Crippen LogP contribution in [0, 0.1) is 10.1 Å². The molecule has 2 rings (SSSR count). The van der Waals surface area contributed by atoms with Gasteiger partial charge in [0.05, 0.1) is 22.6 Å². The third-order valence-corrected chi connectivity index (χ3v) is 4.33. The van der Waals surface area contributed by atoms with Crippen molar-refractivity contribution in [3.63, 3.8) is 0 Å². The van der Waals surface area contributed by atoms with E-state index in [1.165, 1.54) is 23.5 Å². The van der Waals surface area contributed by atoms with E-state index in [1.54, 1.807) is 50.3 Å². The summed E-state index contributed by atoms with van der Waals surface area (Å²) in [7, 11) is 0. The maximum atomic E-state index is 11.8. The lowest BCUT2D eigenvalue weighted by Gasteiger charge is -2.22. The van der Waals surface area contributed by atoms with Crippen LogP contribution >= 0.6 is 11.3 Å². The number of aliphatic hydroxyl groups is 1. The van der Waals surface area contributed by atoms with Crippen molar-refractivity contribution >= 4 is 29.0 Å². The van der Waals surface area contributed by atoms with Crippen molar-refractivity contribution in [1.29, 1.82) is 0 Å². The van der Waals surface area contributed by atoms with Gasteiger partial charge in [0.1, 0.15) is 0 Å². The summed E-state index contributed by atoms with van der Waals surface area (Å²) in [4.78, 5) is 24.1. The number of carbonyl (C=O) groups is 1. The summed E-state index contributed by atoms with van der Waals surface area (Å²) in [5, 5.41) is 22.9. The number of benzene rings is 1. The van der Waals surface area contributed by atoms with E-state index in [0.717, 1.165) is 9.75 Å². The number of nitrogens with zero attached hydrogens (tertiary/aromatic N) is 1. The maximum absolute atomic E-state index is 11.8. The number of hydrogen-bond acceptors (Lipinski definition) is 5. The normalized spacial score (nSPS) is 11.6. The Hall–Kier alpha value is -2.51. The molecule has 2 aromatic rings. The first-order valence-electron chi connectivity index (χ1n) is 7.27. The molecule has 6 nitrogen and oxygen atoms in total. The molecule has 0 unspecified atom stereocenters. The molecule has 1 amide bonds. The van der Waals surface area contributed by atoms with Crippen LogP contribution in [0.1, 0.15) is 18.7 Å². The van der Waals surface area contributed by atoms with Crippen molar-refractivity contribution < 1.29 is 14.8 Å². The fourth-order valence-electron chi connectivity index (χ4n) is 2.00. The average Bonchev–Trinajstić information content (AvgIpc) is 3.01. The van der Waals surface area contributed by atoms with Gasteiger partial charge in [0.25, 0.3) is 5.69 Å². The van der Waals surface area contributed by atoms with E-state index < -0.39 is 10.5 Å². The third-order valence-electron chi connectivity index (χ3n) is 3.25. The monoisotopic (exact) mass is 346 g/mol. The van der Waals surface area contributed by atoms with E-state index in [4.69, 9.17) is 5.11 Å². The van der Waals surface area contributed by atoms with E-state index in [0.29, 0.717) is 5.56 Å². The van der Waals surface area contributed by atoms with Crippen molar-refractivity contribution in [2.75, 3.05) is 6.61 Å². The Morgan fingerprint density at radius 3 is 2.71 bits per heavy atom. The van der Waals surface area contributed by atoms with Gasteiger partial charge in [-0.2, -0.15) is 0 Å². The summed E-state index contributed by atoms with van der Waals surface area (Å²) >= 11 is 1.36. The van der Waals surface area contributed by atoms with Crippen LogP contribution in [0.25, 0.3) is 16.5 Å². The highest BCUT2D eigenvalue weighted by Crippen LogP contribution is 2.34. The predicted octanol–water partition coefficient (Wildman–Crippen LogP) is 3.22. The van der Waals surface area contributed by atoms with Crippen LogP contribution in [0.2, 0.25) is 0 Å². The molecule has 126 valence electrons. The second-order valence-corrected chi connectivity index (χ2v) is 6.96. The van der Waals surface area contributed by atoms with E-state index in [2.05, 4.69) is 5.32 Å². The first kappa shape index (κ1) is 17.8. The summed E-state index contributed by atoms with van der Waals surface area (Å²) in [6.07, 6.45) is 3.03. The van der Waals surface area contributed by atoms with Crippen molar-refractivity contribution in [3.05, 3.63) is 57.5 Å². The fourth-order valence-corrected chi connectivity index (χ4v) is 2.95. The number of nitro groups is 1. The van der Waals surface area contributed by atoms with Gasteiger partial charge in [0, 0.05) is 21.9 Å². The van der Waals surface area contributed by atoms with Crippen molar-refractivity contribution in [1.82, 2.24) is 5.32 Å². The van der Waals surface area contributed by atoms with Crippen LogP contribution in [-0.2, 0) is 4.79 Å². The molecule has 24 heavy (non-hydrogen) atoms. The number of amides is 1. The topological polar surface area (TPSA) is 92.5 Å². The minimum absolute atomic E-state index is 0.0531. The number of aliphatic hydroxyl groups excluding tert-OH is 1. The summed E-state index contributed by atoms with van der Waals surface area (Å²) < 4.78 is 0. The van der Waals surface area contributed by atoms with Crippen LogP contribution in [0.5, 0.6) is 0 Å². The fraction of sp³-hybridized carbons (Fsp3) is 0.235. The quantitative estimate of drug-likeness (QED) is 0.477. The minimum Gasteiger partial charge on any atom is -0.394 e. The smallest absolute Gasteiger partial charge is 0.278 e. The van der Waals surface area contributed by atoms with E-state index >= 15 is 0 Å². The average molecular weight is 346 g/mol. The second kappa shape index (κ2) is 7.37. The summed E-state index contributed by atoms with van der Waals surface area (Å²) in [5.41, 5.74) is -0.0810. The van der Waals surface area contributed by atoms with Gasteiger partial charge in [-0.3, -0.25) is 14.9 Å². The van der Waals surface area contributed by atoms with Gasteiger partial charge in [-0.15, -0.1) is 11.3 Å². The number of nitro benzene ring substituents is 1. The lowest BCUT2D eigenvalue weighted by molar-refractivity contribution is -0.384. The Kier molecular flexibility index (Phi) is 5.48. The van der Waals surface area contributed by atoms with Crippen molar-refractivity contribution in [2.24, 2.45) is 0 Å². The second-order valence-electron chi connectivity index (χ2n) is 5.84. The molecule has 0 bridgehead atoms. The van der Waals surface area contributed by atoms with Crippen LogP contribution in [-0.4, -0.2) is 28.1 Å². The first-order valence-corrected chi connectivity index (χ1v) is 8.09. The Balaban J connectivity index is 2.16. The van der Waals surface area contributed by atoms with Gasteiger partial charge >= 0.3 is 0 Å². The van der Waals surface area contributed by atoms with E-state index in [9.17, 15) is 14.9 Å². The van der Waals surface area contributed by atoms with Crippen LogP contribution in [0.4, 0.5) is 5.69 Å². The molecule has 0 aliphatic rings. The molecule has 0 spiro atoms. The maximum Gasteiger partial charge on any atom is 0.278 e. The van der Waals surface area contributed by atoms with Crippen LogP contribution in [0.3, 0.4) is 0 Å². The number of hydrogen-bond donors (Lipinski definition) is 2. The molecule has 1 heterocycles. The van der Waals surface area contributed by atoms with Gasteiger partial charge in [-0.05, 0) is 38.1 Å². The standard InChI is InChI=1S/C17H18N2O4S/c1-17(2,11-20)18-16(21)10-8-12-7-9-15(24-12)13-5-3-4-6-14(13)19(22)23/h3-10,20H,11H2,1-2H3,(H,18,21)/b10-8+. The van der Waals surface area contributed by atoms with Crippen molar-refractivity contribution in [2.45, 2.75) is 19.4 Å². The molecule has 0 fully saturated rings. The molecule has 0 aliphatic carbocycles. The van der Waals surface area contributed by atoms with E-state index in [-0.39, 0.29) is 18.2 Å². The molecule has 0 saturated heterocycles. The van der Waals surface area contributed by atoms with Crippen molar-refractivity contribution in [3.8, 4) is 10.4 Å². The Bertz CT molecular complexity index is 780. The minimum atomic E-state index is -0.688. The SMILES string of the molecule is CC(C)(CO)NC(=O)/C=C/c1ccc(-c2ccccc2[N+](=O)[O-])s1.